The zero-order valence-corrected chi connectivity index (χ0v) is 33.3. The zero-order chi connectivity index (χ0) is 39.9. The first-order valence-corrected chi connectivity index (χ1v) is 21.7. The van der Waals surface area contributed by atoms with Gasteiger partial charge in [0.1, 0.15) is 0 Å². The van der Waals surface area contributed by atoms with E-state index in [1.807, 2.05) is 12.3 Å². The molecule has 0 saturated carbocycles. The minimum atomic E-state index is 1.04. The Hall–Kier alpha value is -8.13. The first kappa shape index (κ1) is 31.7. The van der Waals surface area contributed by atoms with Gasteiger partial charge in [-0.05, 0) is 165 Å². The molecule has 1 aromatic heterocycles. The lowest BCUT2D eigenvalue weighted by atomic mass is 9.87. The molecule has 0 N–H and O–H groups in total. The van der Waals surface area contributed by atoms with Gasteiger partial charge in [0.25, 0.3) is 0 Å². The maximum Gasteiger partial charge on any atom is 0.0780 e. The molecule has 16 rings (SSSR count). The van der Waals surface area contributed by atoms with E-state index in [9.17, 15) is 0 Å². The highest BCUT2D eigenvalue weighted by Gasteiger charge is 2.29. The van der Waals surface area contributed by atoms with E-state index in [-0.39, 0.29) is 0 Å². The molecule has 1 aliphatic rings. The highest BCUT2D eigenvalue weighted by atomic mass is 14.6. The first-order chi connectivity index (χ1) is 30.8. The lowest BCUT2D eigenvalue weighted by Gasteiger charge is -2.16. The number of fused-ring (bicyclic) bond motifs is 15. The van der Waals surface area contributed by atoms with E-state index in [0.717, 1.165) is 10.9 Å². The van der Waals surface area contributed by atoms with Crippen LogP contribution in [0.25, 0.3) is 163 Å². The van der Waals surface area contributed by atoms with E-state index >= 15 is 0 Å². The number of hydrogen-bond acceptors (Lipinski definition) is 1. The van der Waals surface area contributed by atoms with Crippen LogP contribution in [0, 0.1) is 0 Å². The van der Waals surface area contributed by atoms with Crippen LogP contribution in [-0.4, -0.2) is 4.98 Å². The number of para-hydroxylation sites is 1. The molecule has 1 aliphatic carbocycles. The van der Waals surface area contributed by atoms with E-state index < -0.39 is 0 Å². The summed E-state index contributed by atoms with van der Waals surface area (Å²) in [5.41, 5.74) is 11.3. The van der Waals surface area contributed by atoms with Crippen LogP contribution in [-0.2, 0) is 0 Å². The number of aromatic nitrogens is 1. The van der Waals surface area contributed by atoms with E-state index in [1.165, 1.54) is 152 Å². The van der Waals surface area contributed by atoms with Gasteiger partial charge in [0.05, 0.1) is 5.52 Å². The van der Waals surface area contributed by atoms with Crippen molar-refractivity contribution in [3.63, 3.8) is 0 Å². The average molecular weight is 778 g/mol. The topological polar surface area (TPSA) is 12.9 Å². The van der Waals surface area contributed by atoms with Crippen molar-refractivity contribution in [2.45, 2.75) is 0 Å². The highest BCUT2D eigenvalue weighted by molar-refractivity contribution is 6.52. The molecule has 0 aliphatic heterocycles. The van der Waals surface area contributed by atoms with E-state index in [0.29, 0.717) is 0 Å². The van der Waals surface area contributed by atoms with E-state index in [2.05, 4.69) is 176 Å². The summed E-state index contributed by atoms with van der Waals surface area (Å²) in [5, 5.41) is 28.2. The third-order valence-electron chi connectivity index (χ3n) is 14.8. The quantitative estimate of drug-likeness (QED) is 0.126. The van der Waals surface area contributed by atoms with Crippen molar-refractivity contribution in [2.75, 3.05) is 0 Å². The Morgan fingerprint density at radius 3 is 1.58 bits per heavy atom. The summed E-state index contributed by atoms with van der Waals surface area (Å²) >= 11 is 0. The molecule has 0 saturated heterocycles. The number of pyridine rings is 1. The van der Waals surface area contributed by atoms with Crippen LogP contribution in [0.4, 0.5) is 0 Å². The fourth-order valence-electron chi connectivity index (χ4n) is 12.5. The van der Waals surface area contributed by atoms with Gasteiger partial charge in [-0.25, -0.2) is 0 Å². The zero-order valence-electron chi connectivity index (χ0n) is 33.3. The fraction of sp³-hybridized carbons (Fsp3) is 0. The van der Waals surface area contributed by atoms with Crippen molar-refractivity contribution < 1.29 is 0 Å². The van der Waals surface area contributed by atoms with Crippen LogP contribution in [0.2, 0.25) is 0 Å². The molecule has 15 aromatic rings. The normalized spacial score (nSPS) is 12.8. The second-order valence-corrected chi connectivity index (χ2v) is 17.6. The lowest BCUT2D eigenvalue weighted by Crippen LogP contribution is -1.88. The number of rotatable bonds is 2. The molecule has 62 heavy (non-hydrogen) atoms. The molecule has 1 nitrogen and oxygen atoms in total. The summed E-state index contributed by atoms with van der Waals surface area (Å²) in [5.74, 6) is 0. The van der Waals surface area contributed by atoms with Gasteiger partial charge in [-0.15, -0.1) is 0 Å². The van der Waals surface area contributed by atoms with Crippen molar-refractivity contribution in [1.29, 1.82) is 0 Å². The van der Waals surface area contributed by atoms with Crippen molar-refractivity contribution >= 4 is 119 Å². The summed E-state index contributed by atoms with van der Waals surface area (Å²) in [4.78, 5) is 4.81. The average Bonchev–Trinajstić information content (AvgIpc) is 3.97. The highest BCUT2D eigenvalue weighted by Crippen LogP contribution is 2.58. The number of benzene rings is 12. The molecule has 0 unspecified atom stereocenters. The van der Waals surface area contributed by atoms with E-state index in [4.69, 9.17) is 4.98 Å². The van der Waals surface area contributed by atoms with Gasteiger partial charge < -0.3 is 0 Å². The Labute approximate surface area is 354 Å². The molecular weight excluding hydrogens is 747 g/mol. The Morgan fingerprint density at radius 2 is 0.774 bits per heavy atom. The molecule has 0 fully saturated rings. The maximum atomic E-state index is 4.81. The second-order valence-electron chi connectivity index (χ2n) is 17.6. The summed E-state index contributed by atoms with van der Waals surface area (Å²) in [6.07, 6.45) is 1.90. The van der Waals surface area contributed by atoms with Crippen molar-refractivity contribution in [1.82, 2.24) is 4.98 Å². The molecule has 0 radical (unpaired) electrons. The summed E-state index contributed by atoms with van der Waals surface area (Å²) in [6.45, 7) is 0. The SMILES string of the molecule is c1ccc(-c2c3cc4ccccc4c4c5ccccc5c(c5c6ccc7c8ccc9c%10c(ccc(c%11ccc(c25)c6c%117)c%108)-c2ccc(-c5cccc6cccnc56)cc2-9)c34)cc1. The monoisotopic (exact) mass is 777 g/mol. The Morgan fingerprint density at radius 1 is 0.242 bits per heavy atom. The number of nitrogens with zero attached hydrogens (tertiary/aromatic N) is 1. The van der Waals surface area contributed by atoms with Gasteiger partial charge in [-0.2, -0.15) is 0 Å². The fourth-order valence-corrected chi connectivity index (χ4v) is 12.5. The molecule has 0 spiro atoms. The summed E-state index contributed by atoms with van der Waals surface area (Å²) in [7, 11) is 0. The largest absolute Gasteiger partial charge is 0.256 e. The number of hydrogen-bond donors (Lipinski definition) is 0. The Balaban J connectivity index is 1.05. The van der Waals surface area contributed by atoms with Crippen LogP contribution < -0.4 is 0 Å². The van der Waals surface area contributed by atoms with Gasteiger partial charge in [-0.3, -0.25) is 4.98 Å². The molecular formula is C61H31N. The second kappa shape index (κ2) is 11.0. The van der Waals surface area contributed by atoms with Crippen LogP contribution >= 0.6 is 0 Å². The molecule has 1 heterocycles. The van der Waals surface area contributed by atoms with Gasteiger partial charge >= 0.3 is 0 Å². The van der Waals surface area contributed by atoms with Crippen molar-refractivity contribution in [2.24, 2.45) is 0 Å². The minimum absolute atomic E-state index is 1.04. The maximum absolute atomic E-state index is 4.81. The summed E-state index contributed by atoms with van der Waals surface area (Å²) < 4.78 is 0. The Bertz CT molecular complexity index is 4460. The van der Waals surface area contributed by atoms with Crippen LogP contribution in [0.15, 0.2) is 188 Å². The van der Waals surface area contributed by atoms with E-state index in [1.54, 1.807) is 0 Å². The first-order valence-electron chi connectivity index (χ1n) is 21.7. The standard InChI is InChI=1S/C61H31N/c1-2-10-32(11-3-1)51-50-31-34-12-4-5-15-36(34)52-39-16-6-7-17-40(39)57(60(50)52)59-48-28-26-45-43-23-24-46-49-30-35(37-18-8-13-33-14-9-29-62-61(33)37)19-20-38(49)41-21-22-42(54(43)53(41)46)44-25-27-47(58(51)59)56(48)55(44)45/h1-31H. The third-order valence-corrected chi connectivity index (χ3v) is 14.8. The van der Waals surface area contributed by atoms with Crippen molar-refractivity contribution in [3.8, 4) is 44.5 Å². The van der Waals surface area contributed by atoms with Crippen LogP contribution in [0.5, 0.6) is 0 Å². The Kier molecular flexibility index (Phi) is 5.62. The van der Waals surface area contributed by atoms with Crippen LogP contribution in [0.3, 0.4) is 0 Å². The van der Waals surface area contributed by atoms with Gasteiger partial charge in [0.15, 0.2) is 0 Å². The minimum Gasteiger partial charge on any atom is -0.256 e. The molecule has 0 amide bonds. The predicted molar refractivity (Wildman–Crippen MR) is 266 cm³/mol. The predicted octanol–water partition coefficient (Wildman–Crippen LogP) is 17.1. The van der Waals surface area contributed by atoms with Gasteiger partial charge in [0.2, 0.25) is 0 Å². The molecule has 1 heteroatoms. The van der Waals surface area contributed by atoms with Gasteiger partial charge in [-0.1, -0.05) is 164 Å². The molecule has 280 valence electrons. The summed E-state index contributed by atoms with van der Waals surface area (Å²) in [6, 6.07) is 68.9. The van der Waals surface area contributed by atoms with Gasteiger partial charge in [0, 0.05) is 17.1 Å². The van der Waals surface area contributed by atoms with Crippen LogP contribution in [0.1, 0.15) is 0 Å². The smallest absolute Gasteiger partial charge is 0.0780 e. The third kappa shape index (κ3) is 3.65. The molecule has 0 bridgehead atoms. The molecule has 0 atom stereocenters. The van der Waals surface area contributed by atoms with Crippen molar-refractivity contribution in [3.05, 3.63) is 188 Å². The lowest BCUT2D eigenvalue weighted by molar-refractivity contribution is 1.41. The molecule has 14 aromatic carbocycles.